The number of nitrogens with zero attached hydrogens (tertiary/aromatic N) is 2. The summed E-state index contributed by atoms with van der Waals surface area (Å²) in [4.78, 5) is 32.3. The molecule has 2 aromatic heterocycles. The zero-order valence-corrected chi connectivity index (χ0v) is 16.1. The minimum absolute atomic E-state index is 0.0225. The Balaban J connectivity index is 2.04. The molecule has 0 fully saturated rings. The highest BCUT2D eigenvalue weighted by atomic mass is 19.4. The van der Waals surface area contributed by atoms with Gasteiger partial charge in [0, 0.05) is 17.7 Å². The largest absolute Gasteiger partial charge is 0.483 e. The molecular weight excluding hydrogens is 389 g/mol. The fraction of sp³-hybridized carbons (Fsp3) is 0.368. The van der Waals surface area contributed by atoms with E-state index >= 15 is 0 Å². The van der Waals surface area contributed by atoms with Crippen LogP contribution in [0.3, 0.4) is 0 Å². The first-order chi connectivity index (χ1) is 13.6. The van der Waals surface area contributed by atoms with Crippen LogP contribution in [0.2, 0.25) is 0 Å². The van der Waals surface area contributed by atoms with Gasteiger partial charge in [0.05, 0.1) is 17.9 Å². The summed E-state index contributed by atoms with van der Waals surface area (Å²) in [7, 11) is 0. The summed E-state index contributed by atoms with van der Waals surface area (Å²) in [6.07, 6.45) is -2.99. The van der Waals surface area contributed by atoms with E-state index in [1.807, 2.05) is 0 Å². The molecule has 0 aliphatic rings. The fourth-order valence-electron chi connectivity index (χ4n) is 2.35. The molecule has 0 spiro atoms. The highest BCUT2D eigenvalue weighted by molar-refractivity contribution is 5.96. The van der Waals surface area contributed by atoms with Crippen LogP contribution in [0.25, 0.3) is 0 Å². The van der Waals surface area contributed by atoms with E-state index in [-0.39, 0.29) is 23.9 Å². The molecule has 0 aliphatic carbocycles. The third kappa shape index (κ3) is 7.05. The maximum atomic E-state index is 12.5. The van der Waals surface area contributed by atoms with Crippen LogP contribution >= 0.6 is 0 Å². The minimum atomic E-state index is -4.43. The number of alkyl halides is 3. The number of rotatable bonds is 7. The van der Waals surface area contributed by atoms with E-state index < -0.39 is 24.7 Å². The maximum absolute atomic E-state index is 12.5. The number of carbonyl (C=O) groups is 2. The Hall–Kier alpha value is -3.17. The second kappa shape index (κ2) is 9.35. The Morgan fingerprint density at radius 3 is 2.55 bits per heavy atom. The van der Waals surface area contributed by atoms with Gasteiger partial charge in [-0.25, -0.2) is 4.98 Å². The predicted octanol–water partition coefficient (Wildman–Crippen LogP) is 3.57. The molecule has 7 nitrogen and oxygen atoms in total. The topological polar surface area (TPSA) is 93.2 Å². The van der Waals surface area contributed by atoms with E-state index in [4.69, 9.17) is 0 Å². The highest BCUT2D eigenvalue weighted by Crippen LogP contribution is 2.20. The first-order valence-corrected chi connectivity index (χ1v) is 8.82. The average Bonchev–Trinajstić information content (AvgIpc) is 2.65. The van der Waals surface area contributed by atoms with Crippen LogP contribution in [0.15, 0.2) is 30.5 Å². The van der Waals surface area contributed by atoms with Crippen LogP contribution in [0, 0.1) is 6.92 Å². The minimum Gasteiger partial charge on any atom is -0.483 e. The molecule has 2 N–H and O–H groups in total. The lowest BCUT2D eigenvalue weighted by molar-refractivity contribution is -0.153. The zero-order valence-electron chi connectivity index (χ0n) is 16.1. The van der Waals surface area contributed by atoms with E-state index in [9.17, 15) is 22.8 Å². The average molecular weight is 410 g/mol. The Kier molecular flexibility index (Phi) is 7.13. The van der Waals surface area contributed by atoms with Gasteiger partial charge in [0.15, 0.2) is 6.61 Å². The van der Waals surface area contributed by atoms with E-state index in [1.54, 1.807) is 26.8 Å². The van der Waals surface area contributed by atoms with Crippen LogP contribution in [0.4, 0.5) is 19.0 Å². The molecule has 2 heterocycles. The summed E-state index contributed by atoms with van der Waals surface area (Å²) in [5, 5.41) is 5.35. The number of aryl methyl sites for hydroxylation is 1. The lowest BCUT2D eigenvalue weighted by atomic mass is 10.1. The maximum Gasteiger partial charge on any atom is 0.422 e. The van der Waals surface area contributed by atoms with Crippen molar-refractivity contribution in [1.29, 1.82) is 0 Å². The van der Waals surface area contributed by atoms with Crippen molar-refractivity contribution in [3.8, 4) is 5.75 Å². The number of amides is 2. The van der Waals surface area contributed by atoms with Gasteiger partial charge < -0.3 is 15.4 Å². The number of hydrogen-bond donors (Lipinski definition) is 2. The van der Waals surface area contributed by atoms with Crippen molar-refractivity contribution in [2.45, 2.75) is 39.4 Å². The monoisotopic (exact) mass is 410 g/mol. The number of anilines is 1. The summed E-state index contributed by atoms with van der Waals surface area (Å²) >= 11 is 0. The third-order valence-corrected chi connectivity index (χ3v) is 3.76. The number of nitrogens with one attached hydrogen (secondary N) is 2. The second-order valence-electron chi connectivity index (χ2n) is 6.30. The van der Waals surface area contributed by atoms with Gasteiger partial charge in [-0.2, -0.15) is 13.2 Å². The van der Waals surface area contributed by atoms with Crippen molar-refractivity contribution in [2.75, 3.05) is 11.9 Å². The Labute approximate surface area is 165 Å². The first-order valence-electron chi connectivity index (χ1n) is 8.82. The van der Waals surface area contributed by atoms with Gasteiger partial charge >= 0.3 is 6.18 Å². The molecule has 0 aliphatic heterocycles. The van der Waals surface area contributed by atoms with Crippen molar-refractivity contribution < 1.29 is 27.5 Å². The van der Waals surface area contributed by atoms with Gasteiger partial charge in [-0.15, -0.1) is 0 Å². The number of pyridine rings is 2. The van der Waals surface area contributed by atoms with Crippen molar-refractivity contribution in [1.82, 2.24) is 15.3 Å². The summed E-state index contributed by atoms with van der Waals surface area (Å²) in [6.45, 7) is 3.68. The SMILES string of the molecule is CCC(=O)Nc1cc(C(=O)NC(C)c2ccc(OCC(F)(F)F)cn2)cc(C)n1. The van der Waals surface area contributed by atoms with Crippen LogP contribution in [-0.2, 0) is 4.79 Å². The van der Waals surface area contributed by atoms with Crippen molar-refractivity contribution in [3.63, 3.8) is 0 Å². The molecule has 29 heavy (non-hydrogen) atoms. The predicted molar refractivity (Wildman–Crippen MR) is 99.6 cm³/mol. The molecule has 0 radical (unpaired) electrons. The molecule has 2 amide bonds. The van der Waals surface area contributed by atoms with Crippen LogP contribution in [-0.4, -0.2) is 34.6 Å². The molecule has 0 saturated carbocycles. The zero-order chi connectivity index (χ0) is 21.6. The highest BCUT2D eigenvalue weighted by Gasteiger charge is 2.28. The fourth-order valence-corrected chi connectivity index (χ4v) is 2.35. The molecule has 2 rings (SSSR count). The Morgan fingerprint density at radius 2 is 1.97 bits per heavy atom. The van der Waals surface area contributed by atoms with E-state index in [2.05, 4.69) is 25.3 Å². The summed E-state index contributed by atoms with van der Waals surface area (Å²) in [6, 6.07) is 5.35. The summed E-state index contributed by atoms with van der Waals surface area (Å²) < 4.78 is 41.1. The molecule has 156 valence electrons. The van der Waals surface area contributed by atoms with E-state index in [1.165, 1.54) is 24.4 Å². The molecule has 0 bridgehead atoms. The lowest BCUT2D eigenvalue weighted by Gasteiger charge is -2.15. The number of halogens is 3. The standard InChI is InChI=1S/C19H21F3N4O3/c1-4-17(27)26-16-8-13(7-11(2)24-16)18(28)25-12(3)15-6-5-14(9-23-15)29-10-19(20,21)22/h5-9,12H,4,10H2,1-3H3,(H,25,28)(H,24,26,27). The quantitative estimate of drug-likeness (QED) is 0.728. The molecule has 10 heteroatoms. The van der Waals surface area contributed by atoms with Crippen molar-refractivity contribution in [2.24, 2.45) is 0 Å². The van der Waals surface area contributed by atoms with Crippen LogP contribution < -0.4 is 15.4 Å². The van der Waals surface area contributed by atoms with Gasteiger partial charge in [-0.3, -0.25) is 14.6 Å². The molecule has 2 aromatic rings. The van der Waals surface area contributed by atoms with Gasteiger partial charge in [0.2, 0.25) is 5.91 Å². The van der Waals surface area contributed by atoms with E-state index in [0.29, 0.717) is 17.0 Å². The molecule has 1 unspecified atom stereocenters. The molecule has 0 saturated heterocycles. The molecule has 0 aromatic carbocycles. The number of aromatic nitrogens is 2. The Bertz CT molecular complexity index is 870. The first kappa shape index (κ1) is 22.1. The molecule has 1 atom stereocenters. The van der Waals surface area contributed by atoms with Gasteiger partial charge in [0.1, 0.15) is 11.6 Å². The molecular formula is C19H21F3N4O3. The van der Waals surface area contributed by atoms with Crippen LogP contribution in [0.1, 0.15) is 48.1 Å². The van der Waals surface area contributed by atoms with Gasteiger partial charge in [0.25, 0.3) is 5.91 Å². The van der Waals surface area contributed by atoms with Gasteiger partial charge in [-0.05, 0) is 38.1 Å². The number of carbonyl (C=O) groups excluding carboxylic acids is 2. The lowest BCUT2D eigenvalue weighted by Crippen LogP contribution is -2.27. The van der Waals surface area contributed by atoms with Gasteiger partial charge in [-0.1, -0.05) is 6.92 Å². The van der Waals surface area contributed by atoms with Crippen LogP contribution in [0.5, 0.6) is 5.75 Å². The normalized spacial score (nSPS) is 12.2. The smallest absolute Gasteiger partial charge is 0.422 e. The third-order valence-electron chi connectivity index (χ3n) is 3.76. The number of ether oxygens (including phenoxy) is 1. The number of hydrogen-bond acceptors (Lipinski definition) is 5. The van der Waals surface area contributed by atoms with E-state index in [0.717, 1.165) is 0 Å². The van der Waals surface area contributed by atoms with Crippen molar-refractivity contribution in [3.05, 3.63) is 47.4 Å². The second-order valence-corrected chi connectivity index (χ2v) is 6.30. The summed E-state index contributed by atoms with van der Waals surface area (Å²) in [5.74, 6) is -0.376. The Morgan fingerprint density at radius 1 is 1.24 bits per heavy atom. The summed E-state index contributed by atoms with van der Waals surface area (Å²) in [5.41, 5.74) is 1.31. The van der Waals surface area contributed by atoms with Crippen molar-refractivity contribution >= 4 is 17.6 Å².